The van der Waals surface area contributed by atoms with Crippen molar-refractivity contribution < 1.29 is 9.90 Å². The number of rotatable bonds is 5. The van der Waals surface area contributed by atoms with Crippen molar-refractivity contribution in [3.8, 4) is 0 Å². The molecular weight excluding hydrogens is 260 g/mol. The lowest BCUT2D eigenvalue weighted by Gasteiger charge is -2.14. The van der Waals surface area contributed by atoms with Gasteiger partial charge in [0, 0.05) is 22.2 Å². The molecular formula is C14H16N2O2S. The predicted octanol–water partition coefficient (Wildman–Crippen LogP) is 3.19. The third kappa shape index (κ3) is 3.79. The van der Waals surface area contributed by atoms with Crippen molar-refractivity contribution in [3.05, 3.63) is 45.9 Å². The highest BCUT2D eigenvalue weighted by Crippen LogP contribution is 2.18. The minimum Gasteiger partial charge on any atom is -0.477 e. The molecule has 0 aromatic carbocycles. The summed E-state index contributed by atoms with van der Waals surface area (Å²) in [6.07, 6.45) is 2.50. The van der Waals surface area contributed by atoms with Crippen LogP contribution in [0.15, 0.2) is 30.5 Å². The lowest BCUT2D eigenvalue weighted by atomic mass is 10.2. The lowest BCUT2D eigenvalue weighted by molar-refractivity contribution is 0.0690. The van der Waals surface area contributed by atoms with Crippen molar-refractivity contribution in [2.24, 2.45) is 0 Å². The zero-order valence-electron chi connectivity index (χ0n) is 10.9. The number of aromatic carboxylic acids is 1. The van der Waals surface area contributed by atoms with E-state index in [0.29, 0.717) is 0 Å². The second-order valence-electron chi connectivity index (χ2n) is 4.50. The Kier molecular flexibility index (Phi) is 4.16. The molecule has 0 bridgehead atoms. The van der Waals surface area contributed by atoms with Crippen LogP contribution in [0.4, 0.5) is 5.69 Å². The zero-order valence-corrected chi connectivity index (χ0v) is 11.7. The summed E-state index contributed by atoms with van der Waals surface area (Å²) in [6, 6.07) is 7.79. The maximum Gasteiger partial charge on any atom is 0.354 e. The van der Waals surface area contributed by atoms with Crippen LogP contribution in [0, 0.1) is 6.92 Å². The molecule has 2 aromatic rings. The number of thiophene rings is 1. The normalized spacial score (nSPS) is 12.1. The van der Waals surface area contributed by atoms with E-state index in [1.807, 2.05) is 0 Å². The van der Waals surface area contributed by atoms with Crippen LogP contribution >= 0.6 is 11.3 Å². The van der Waals surface area contributed by atoms with Crippen LogP contribution in [0.2, 0.25) is 0 Å². The molecule has 0 aliphatic heterocycles. The highest BCUT2D eigenvalue weighted by atomic mass is 32.1. The molecule has 4 nitrogen and oxygen atoms in total. The predicted molar refractivity (Wildman–Crippen MR) is 77.0 cm³/mol. The number of hydrogen-bond donors (Lipinski definition) is 2. The molecule has 2 aromatic heterocycles. The number of aromatic nitrogens is 1. The SMILES string of the molecule is Cc1ccc(CC(C)Nc2ccc(C(=O)O)nc2)s1. The first-order chi connectivity index (χ1) is 9.04. The largest absolute Gasteiger partial charge is 0.477 e. The maximum absolute atomic E-state index is 10.7. The van der Waals surface area contributed by atoms with Gasteiger partial charge in [-0.3, -0.25) is 0 Å². The number of carboxylic acid groups (broad SMARTS) is 1. The van der Waals surface area contributed by atoms with Crippen molar-refractivity contribution in [3.63, 3.8) is 0 Å². The van der Waals surface area contributed by atoms with Crippen LogP contribution in [0.25, 0.3) is 0 Å². The van der Waals surface area contributed by atoms with Gasteiger partial charge in [0.25, 0.3) is 0 Å². The Morgan fingerprint density at radius 3 is 2.74 bits per heavy atom. The topological polar surface area (TPSA) is 62.2 Å². The van der Waals surface area contributed by atoms with Gasteiger partial charge in [-0.05, 0) is 38.1 Å². The molecule has 100 valence electrons. The fourth-order valence-electron chi connectivity index (χ4n) is 1.84. The first-order valence-corrected chi connectivity index (χ1v) is 6.87. The summed E-state index contributed by atoms with van der Waals surface area (Å²) in [5.41, 5.74) is 0.901. The number of carbonyl (C=O) groups is 1. The van der Waals surface area contributed by atoms with Crippen molar-refractivity contribution in [1.82, 2.24) is 4.98 Å². The van der Waals surface area contributed by atoms with Gasteiger partial charge in [0.15, 0.2) is 0 Å². The molecule has 0 amide bonds. The standard InChI is InChI=1S/C14H16N2O2S/c1-9(7-12-5-3-10(2)19-12)16-11-4-6-13(14(17)18)15-8-11/h3-6,8-9,16H,7H2,1-2H3,(H,17,18). The third-order valence-corrected chi connectivity index (χ3v) is 3.72. The summed E-state index contributed by atoms with van der Waals surface area (Å²) in [6.45, 7) is 4.20. The van der Waals surface area contributed by atoms with Gasteiger partial charge in [-0.15, -0.1) is 11.3 Å². The number of pyridine rings is 1. The molecule has 0 spiro atoms. The molecule has 5 heteroatoms. The van der Waals surface area contributed by atoms with Crippen LogP contribution in [-0.2, 0) is 6.42 Å². The van der Waals surface area contributed by atoms with Gasteiger partial charge >= 0.3 is 5.97 Å². The van der Waals surface area contributed by atoms with E-state index in [-0.39, 0.29) is 11.7 Å². The molecule has 19 heavy (non-hydrogen) atoms. The zero-order chi connectivity index (χ0) is 13.8. The van der Waals surface area contributed by atoms with E-state index in [9.17, 15) is 4.79 Å². The van der Waals surface area contributed by atoms with Crippen molar-refractivity contribution in [1.29, 1.82) is 0 Å². The Morgan fingerprint density at radius 2 is 2.21 bits per heavy atom. The summed E-state index contributed by atoms with van der Waals surface area (Å²) >= 11 is 1.80. The van der Waals surface area contributed by atoms with Gasteiger partial charge in [-0.25, -0.2) is 9.78 Å². The summed E-state index contributed by atoms with van der Waals surface area (Å²) in [5.74, 6) is -1.01. The van der Waals surface area contributed by atoms with E-state index in [4.69, 9.17) is 5.11 Å². The average Bonchev–Trinajstić information content (AvgIpc) is 2.75. The van der Waals surface area contributed by atoms with Gasteiger partial charge < -0.3 is 10.4 Å². The third-order valence-electron chi connectivity index (χ3n) is 2.70. The first kappa shape index (κ1) is 13.5. The molecule has 0 fully saturated rings. The highest BCUT2D eigenvalue weighted by molar-refractivity contribution is 7.11. The van der Waals surface area contributed by atoms with Gasteiger partial charge in [-0.2, -0.15) is 0 Å². The van der Waals surface area contributed by atoms with E-state index < -0.39 is 5.97 Å². The van der Waals surface area contributed by atoms with Crippen molar-refractivity contribution in [2.75, 3.05) is 5.32 Å². The molecule has 0 aliphatic carbocycles. The van der Waals surface area contributed by atoms with Crippen molar-refractivity contribution >= 4 is 23.0 Å². The summed E-state index contributed by atoms with van der Waals surface area (Å²) in [4.78, 5) is 17.2. The number of nitrogens with zero attached hydrogens (tertiary/aromatic N) is 1. The summed E-state index contributed by atoms with van der Waals surface area (Å²) in [7, 11) is 0. The van der Waals surface area contributed by atoms with Gasteiger partial charge in [0.2, 0.25) is 0 Å². The van der Waals surface area contributed by atoms with E-state index in [1.165, 1.54) is 15.8 Å². The summed E-state index contributed by atoms with van der Waals surface area (Å²) < 4.78 is 0. The van der Waals surface area contributed by atoms with Crippen LogP contribution in [0.5, 0.6) is 0 Å². The Labute approximate surface area is 116 Å². The fourth-order valence-corrected chi connectivity index (χ4v) is 2.86. The van der Waals surface area contributed by atoms with E-state index in [1.54, 1.807) is 23.6 Å². The number of hydrogen-bond acceptors (Lipinski definition) is 4. The number of anilines is 1. The van der Waals surface area contributed by atoms with Gasteiger partial charge in [-0.1, -0.05) is 0 Å². The van der Waals surface area contributed by atoms with E-state index in [2.05, 4.69) is 36.3 Å². The van der Waals surface area contributed by atoms with Crippen LogP contribution in [-0.4, -0.2) is 22.1 Å². The number of carboxylic acids is 1. The molecule has 0 radical (unpaired) electrons. The smallest absolute Gasteiger partial charge is 0.354 e. The maximum atomic E-state index is 10.7. The Hall–Kier alpha value is -1.88. The average molecular weight is 276 g/mol. The fraction of sp³-hybridized carbons (Fsp3) is 0.286. The molecule has 0 aliphatic rings. The van der Waals surface area contributed by atoms with E-state index >= 15 is 0 Å². The van der Waals surface area contributed by atoms with Crippen LogP contribution < -0.4 is 5.32 Å². The molecule has 2 rings (SSSR count). The summed E-state index contributed by atoms with van der Waals surface area (Å²) in [5, 5.41) is 12.1. The minimum atomic E-state index is -1.01. The number of aryl methyl sites for hydroxylation is 1. The molecule has 0 saturated carbocycles. The molecule has 1 atom stereocenters. The monoisotopic (exact) mass is 276 g/mol. The highest BCUT2D eigenvalue weighted by Gasteiger charge is 2.07. The molecule has 2 N–H and O–H groups in total. The minimum absolute atomic E-state index is 0.0621. The number of nitrogens with one attached hydrogen (secondary N) is 1. The first-order valence-electron chi connectivity index (χ1n) is 6.06. The molecule has 0 saturated heterocycles. The second-order valence-corrected chi connectivity index (χ2v) is 5.87. The Bertz CT molecular complexity index is 563. The van der Waals surface area contributed by atoms with Gasteiger partial charge in [0.05, 0.1) is 11.9 Å². The van der Waals surface area contributed by atoms with Crippen LogP contribution in [0.1, 0.15) is 27.2 Å². The van der Waals surface area contributed by atoms with E-state index in [0.717, 1.165) is 12.1 Å². The lowest BCUT2D eigenvalue weighted by Crippen LogP contribution is -2.17. The molecule has 1 unspecified atom stereocenters. The Morgan fingerprint density at radius 1 is 1.42 bits per heavy atom. The van der Waals surface area contributed by atoms with Crippen molar-refractivity contribution in [2.45, 2.75) is 26.3 Å². The van der Waals surface area contributed by atoms with Gasteiger partial charge in [0.1, 0.15) is 5.69 Å². The quantitative estimate of drug-likeness (QED) is 0.880. The molecule has 2 heterocycles. The van der Waals surface area contributed by atoms with Crippen LogP contribution in [0.3, 0.4) is 0 Å². The second kappa shape index (κ2) is 5.84. The Balaban J connectivity index is 1.94.